The summed E-state index contributed by atoms with van der Waals surface area (Å²) in [5, 5.41) is 6.66. The maximum Gasteiger partial charge on any atom is 0.338 e. The Hall–Kier alpha value is -2.18. The molecule has 2 N–H and O–H groups in total. The van der Waals surface area contributed by atoms with Crippen LogP contribution in [0.5, 0.6) is 0 Å². The molecule has 0 amide bonds. The van der Waals surface area contributed by atoms with Gasteiger partial charge in [-0.1, -0.05) is 58.4 Å². The van der Waals surface area contributed by atoms with E-state index < -0.39 is 0 Å². The summed E-state index contributed by atoms with van der Waals surface area (Å²) in [6.45, 7) is 2.06. The average molecular weight is 417 g/mol. The molecule has 0 unspecified atom stereocenters. The van der Waals surface area contributed by atoms with Crippen molar-refractivity contribution in [2.45, 2.75) is 19.6 Å². The Balaban J connectivity index is 1.84. The topological polar surface area (TPSA) is 50.4 Å². The third kappa shape index (κ3) is 4.27. The third-order valence-electron chi connectivity index (χ3n) is 3.91. The van der Waals surface area contributed by atoms with E-state index in [1.165, 1.54) is 0 Å². The van der Waals surface area contributed by atoms with Crippen molar-refractivity contribution in [1.82, 2.24) is 10.6 Å². The molecular formula is C19H17BrN2O2S. The fourth-order valence-electron chi connectivity index (χ4n) is 2.67. The second-order valence-corrected chi connectivity index (χ2v) is 7.01. The molecule has 0 aliphatic carbocycles. The fourth-order valence-corrected chi connectivity index (χ4v) is 3.21. The lowest BCUT2D eigenvalue weighted by Crippen LogP contribution is -2.45. The van der Waals surface area contributed by atoms with Gasteiger partial charge in [-0.3, -0.25) is 0 Å². The van der Waals surface area contributed by atoms with E-state index in [9.17, 15) is 4.79 Å². The van der Waals surface area contributed by atoms with Crippen molar-refractivity contribution in [3.05, 3.63) is 81.5 Å². The summed E-state index contributed by atoms with van der Waals surface area (Å²) in [6, 6.07) is 17.0. The van der Waals surface area contributed by atoms with E-state index in [1.807, 2.05) is 61.5 Å². The minimum absolute atomic E-state index is 0.230. The summed E-state index contributed by atoms with van der Waals surface area (Å²) in [5.74, 6) is -0.364. The lowest BCUT2D eigenvalue weighted by molar-refractivity contribution is -0.140. The average Bonchev–Trinajstić information content (AvgIpc) is 2.60. The van der Waals surface area contributed by atoms with Crippen molar-refractivity contribution < 1.29 is 9.53 Å². The summed E-state index contributed by atoms with van der Waals surface area (Å²) in [5.41, 5.74) is 3.13. The molecule has 25 heavy (non-hydrogen) atoms. The van der Waals surface area contributed by atoms with Gasteiger partial charge in [-0.05, 0) is 42.4 Å². The summed E-state index contributed by atoms with van der Waals surface area (Å²) in [4.78, 5) is 12.7. The molecule has 0 spiro atoms. The van der Waals surface area contributed by atoms with Crippen LogP contribution in [0.4, 0.5) is 0 Å². The van der Waals surface area contributed by atoms with E-state index >= 15 is 0 Å². The second kappa shape index (κ2) is 7.80. The number of hydrogen-bond donors (Lipinski definition) is 2. The van der Waals surface area contributed by atoms with Crippen molar-refractivity contribution in [2.24, 2.45) is 0 Å². The van der Waals surface area contributed by atoms with Gasteiger partial charge in [0.15, 0.2) is 5.11 Å². The molecule has 3 rings (SSSR count). The molecule has 0 aromatic heterocycles. The highest BCUT2D eigenvalue weighted by Crippen LogP contribution is 2.28. The lowest BCUT2D eigenvalue weighted by atomic mass is 9.96. The van der Waals surface area contributed by atoms with Crippen LogP contribution < -0.4 is 10.6 Å². The van der Waals surface area contributed by atoms with Crippen molar-refractivity contribution >= 4 is 39.2 Å². The number of carbonyl (C=O) groups excluding carboxylic acids is 1. The number of benzene rings is 2. The van der Waals surface area contributed by atoms with Gasteiger partial charge in [0.25, 0.3) is 0 Å². The van der Waals surface area contributed by atoms with Crippen molar-refractivity contribution in [3.63, 3.8) is 0 Å². The van der Waals surface area contributed by atoms with Gasteiger partial charge in [-0.25, -0.2) is 4.79 Å². The molecule has 1 heterocycles. The Kier molecular flexibility index (Phi) is 5.50. The van der Waals surface area contributed by atoms with Gasteiger partial charge in [-0.15, -0.1) is 0 Å². The molecule has 6 heteroatoms. The van der Waals surface area contributed by atoms with Crippen molar-refractivity contribution in [1.29, 1.82) is 0 Å². The number of ether oxygens (including phenoxy) is 1. The van der Waals surface area contributed by atoms with Crippen LogP contribution in [0.25, 0.3) is 0 Å². The second-order valence-electron chi connectivity index (χ2n) is 5.68. The first-order valence-corrected chi connectivity index (χ1v) is 8.99. The first-order valence-electron chi connectivity index (χ1n) is 7.79. The first-order chi connectivity index (χ1) is 12.0. The number of hydrogen-bond acceptors (Lipinski definition) is 3. The highest BCUT2D eigenvalue weighted by molar-refractivity contribution is 9.10. The van der Waals surface area contributed by atoms with E-state index in [2.05, 4.69) is 26.6 Å². The zero-order valence-electron chi connectivity index (χ0n) is 13.6. The quantitative estimate of drug-likeness (QED) is 0.582. The maximum atomic E-state index is 12.7. The van der Waals surface area contributed by atoms with Crippen LogP contribution in [0.3, 0.4) is 0 Å². The number of allylic oxidation sites excluding steroid dienone is 1. The normalized spacial score (nSPS) is 16.9. The van der Waals surface area contributed by atoms with Crippen LogP contribution in [0, 0.1) is 0 Å². The lowest BCUT2D eigenvalue weighted by Gasteiger charge is -2.30. The smallest absolute Gasteiger partial charge is 0.338 e. The molecule has 0 bridgehead atoms. The highest BCUT2D eigenvalue weighted by atomic mass is 79.9. The van der Waals surface area contributed by atoms with Crippen LogP contribution in [-0.2, 0) is 16.1 Å². The van der Waals surface area contributed by atoms with Gasteiger partial charge in [0.2, 0.25) is 0 Å². The monoisotopic (exact) mass is 416 g/mol. The molecule has 128 valence electrons. The largest absolute Gasteiger partial charge is 0.457 e. The van der Waals surface area contributed by atoms with E-state index in [0.717, 1.165) is 15.6 Å². The van der Waals surface area contributed by atoms with Crippen molar-refractivity contribution in [2.75, 3.05) is 0 Å². The van der Waals surface area contributed by atoms with Crippen LogP contribution >= 0.6 is 28.1 Å². The molecule has 0 saturated heterocycles. The molecule has 4 nitrogen and oxygen atoms in total. The third-order valence-corrected chi connectivity index (χ3v) is 4.65. The summed E-state index contributed by atoms with van der Waals surface area (Å²) in [6.07, 6.45) is 0. The Bertz CT molecular complexity index is 819. The summed E-state index contributed by atoms with van der Waals surface area (Å²) in [7, 11) is 0. The van der Waals surface area contributed by atoms with Gasteiger partial charge in [-0.2, -0.15) is 0 Å². The minimum atomic E-state index is -0.364. The standard InChI is InChI=1S/C19H17BrN2O2S/c1-12-16(18(23)24-11-13-5-3-2-4-6-13)17(22-19(25)21-12)14-7-9-15(20)10-8-14/h2-10,17H,11H2,1H3,(H2,21,22,25)/t17-/m1/s1. The Morgan fingerprint density at radius 3 is 2.52 bits per heavy atom. The predicted octanol–water partition coefficient (Wildman–Crippen LogP) is 3.99. The highest BCUT2D eigenvalue weighted by Gasteiger charge is 2.30. The molecule has 1 aliphatic rings. The zero-order valence-corrected chi connectivity index (χ0v) is 16.0. The van der Waals surface area contributed by atoms with Gasteiger partial charge in [0.05, 0.1) is 11.6 Å². The summed E-state index contributed by atoms with van der Waals surface area (Å²) < 4.78 is 6.49. The predicted molar refractivity (Wildman–Crippen MR) is 105 cm³/mol. The van der Waals surface area contributed by atoms with Crippen LogP contribution in [-0.4, -0.2) is 11.1 Å². The molecule has 1 aliphatic heterocycles. The Morgan fingerprint density at radius 2 is 1.84 bits per heavy atom. The van der Waals surface area contributed by atoms with Crippen molar-refractivity contribution in [3.8, 4) is 0 Å². The maximum absolute atomic E-state index is 12.7. The van der Waals surface area contributed by atoms with Crippen LogP contribution in [0.15, 0.2) is 70.3 Å². The molecule has 0 fully saturated rings. The number of thiocarbonyl (C=S) groups is 1. The number of halogens is 1. The van der Waals surface area contributed by atoms with Gasteiger partial charge >= 0.3 is 5.97 Å². The van der Waals surface area contributed by atoms with E-state index in [1.54, 1.807) is 0 Å². The minimum Gasteiger partial charge on any atom is -0.457 e. The number of esters is 1. The molecule has 2 aromatic rings. The molecule has 2 aromatic carbocycles. The zero-order chi connectivity index (χ0) is 17.8. The molecule has 0 saturated carbocycles. The Morgan fingerprint density at radius 1 is 1.16 bits per heavy atom. The van der Waals surface area contributed by atoms with Gasteiger partial charge in [0.1, 0.15) is 6.61 Å². The fraction of sp³-hybridized carbons (Fsp3) is 0.158. The molecule has 0 radical (unpaired) electrons. The van der Waals surface area contributed by atoms with Gasteiger partial charge in [0, 0.05) is 10.2 Å². The van der Waals surface area contributed by atoms with E-state index in [-0.39, 0.29) is 18.6 Å². The Labute approximate surface area is 160 Å². The number of carbonyl (C=O) groups is 1. The van der Waals surface area contributed by atoms with Crippen LogP contribution in [0.1, 0.15) is 24.1 Å². The SMILES string of the molecule is CC1=C(C(=O)OCc2ccccc2)[C@@H](c2ccc(Br)cc2)NC(=S)N1. The van der Waals surface area contributed by atoms with Gasteiger partial charge < -0.3 is 15.4 Å². The van der Waals surface area contributed by atoms with E-state index in [0.29, 0.717) is 16.4 Å². The molecular weight excluding hydrogens is 400 g/mol. The first kappa shape index (κ1) is 17.6. The number of rotatable bonds is 4. The van der Waals surface area contributed by atoms with Crippen LogP contribution in [0.2, 0.25) is 0 Å². The molecule has 1 atom stereocenters. The van der Waals surface area contributed by atoms with E-state index in [4.69, 9.17) is 17.0 Å². The number of nitrogens with one attached hydrogen (secondary N) is 2. The summed E-state index contributed by atoms with van der Waals surface area (Å²) >= 11 is 8.67.